The van der Waals surface area contributed by atoms with Gasteiger partial charge in [0.1, 0.15) is 0 Å². The smallest absolute Gasteiger partial charge is 0.339 e. The molecule has 0 aliphatic heterocycles. The molecule has 1 aliphatic rings. The minimum atomic E-state index is -4.05. The van der Waals surface area contributed by atoms with Gasteiger partial charge in [0.25, 0.3) is 10.1 Å². The van der Waals surface area contributed by atoms with E-state index in [0.29, 0.717) is 12.8 Å². The molecular weight excluding hydrogens is 306 g/mol. The van der Waals surface area contributed by atoms with Gasteiger partial charge in [-0.15, -0.1) is 0 Å². The van der Waals surface area contributed by atoms with Crippen LogP contribution in [0.15, 0.2) is 29.2 Å². The molecule has 2 N–H and O–H groups in total. The minimum Gasteiger partial charge on any atom is -0.467 e. The van der Waals surface area contributed by atoms with E-state index < -0.39 is 21.7 Å². The molecule has 1 aromatic rings. The summed E-state index contributed by atoms with van der Waals surface area (Å²) in [7, 11) is -2.83. The van der Waals surface area contributed by atoms with Crippen LogP contribution in [0.2, 0.25) is 0 Å². The second-order valence-electron chi connectivity index (χ2n) is 5.67. The number of hydrogen-bond donors (Lipinski definition) is 1. The third-order valence-electron chi connectivity index (χ3n) is 3.97. The Kier molecular flexibility index (Phi) is 4.89. The maximum Gasteiger partial charge on any atom is 0.339 e. The lowest BCUT2D eigenvalue weighted by Crippen LogP contribution is -2.49. The largest absolute Gasteiger partial charge is 0.467 e. The van der Waals surface area contributed by atoms with E-state index in [1.54, 1.807) is 12.1 Å². The van der Waals surface area contributed by atoms with Crippen molar-refractivity contribution in [3.8, 4) is 0 Å². The lowest BCUT2D eigenvalue weighted by atomic mass is 9.82. The Morgan fingerprint density at radius 1 is 1.23 bits per heavy atom. The summed E-state index contributed by atoms with van der Waals surface area (Å²) in [5.74, 6) is -0.671. The molecule has 0 bridgehead atoms. The molecule has 0 amide bonds. The number of carbonyl (C=O) groups excluding carboxylic acids is 1. The van der Waals surface area contributed by atoms with E-state index in [4.69, 9.17) is 14.7 Å². The van der Waals surface area contributed by atoms with Crippen molar-refractivity contribution in [1.82, 2.24) is 0 Å². The van der Waals surface area contributed by atoms with E-state index in [2.05, 4.69) is 0 Å². The van der Waals surface area contributed by atoms with Crippen molar-refractivity contribution in [1.29, 1.82) is 0 Å². The Labute approximate surface area is 130 Å². The van der Waals surface area contributed by atoms with Crippen molar-refractivity contribution in [3.63, 3.8) is 0 Å². The predicted molar refractivity (Wildman–Crippen MR) is 80.6 cm³/mol. The number of benzene rings is 1. The molecule has 1 fully saturated rings. The number of aryl methyl sites for hydroxylation is 1. The van der Waals surface area contributed by atoms with E-state index in [-0.39, 0.29) is 23.8 Å². The van der Waals surface area contributed by atoms with Gasteiger partial charge < -0.3 is 10.5 Å². The van der Waals surface area contributed by atoms with Crippen LogP contribution in [0.25, 0.3) is 0 Å². The van der Waals surface area contributed by atoms with Crippen LogP contribution in [0.1, 0.15) is 31.2 Å². The first-order chi connectivity index (χ1) is 10.3. The molecule has 2 rings (SSSR count). The van der Waals surface area contributed by atoms with Crippen LogP contribution in [0.4, 0.5) is 0 Å². The third-order valence-corrected chi connectivity index (χ3v) is 5.36. The van der Waals surface area contributed by atoms with Gasteiger partial charge in [-0.2, -0.15) is 8.42 Å². The zero-order valence-corrected chi connectivity index (χ0v) is 13.6. The fourth-order valence-corrected chi connectivity index (χ4v) is 3.80. The number of esters is 1. The standard InChI is InChI=1S/C15H21NO5S/c1-11-3-5-13(6-4-11)22(18,19)21-15(14(17)20-2)9-7-12(16)8-10-15/h3-6,12H,7-10,16H2,1-2H3. The highest BCUT2D eigenvalue weighted by atomic mass is 32.2. The Bertz CT molecular complexity index is 630. The number of methoxy groups -OCH3 is 1. The molecule has 0 unspecified atom stereocenters. The molecule has 7 heteroatoms. The van der Waals surface area contributed by atoms with Gasteiger partial charge in [0.05, 0.1) is 12.0 Å². The zero-order valence-electron chi connectivity index (χ0n) is 12.7. The van der Waals surface area contributed by atoms with Crippen LogP contribution in [0, 0.1) is 6.92 Å². The first-order valence-corrected chi connectivity index (χ1v) is 8.56. The van der Waals surface area contributed by atoms with Gasteiger partial charge in [0.2, 0.25) is 0 Å². The second kappa shape index (κ2) is 6.36. The van der Waals surface area contributed by atoms with Crippen molar-refractivity contribution in [3.05, 3.63) is 29.8 Å². The van der Waals surface area contributed by atoms with Gasteiger partial charge >= 0.3 is 5.97 Å². The molecule has 0 saturated heterocycles. The second-order valence-corrected chi connectivity index (χ2v) is 7.22. The van der Waals surface area contributed by atoms with Gasteiger partial charge in [0, 0.05) is 6.04 Å². The lowest BCUT2D eigenvalue weighted by Gasteiger charge is -2.35. The quantitative estimate of drug-likeness (QED) is 0.665. The highest BCUT2D eigenvalue weighted by molar-refractivity contribution is 7.86. The van der Waals surface area contributed by atoms with Crippen LogP contribution < -0.4 is 5.73 Å². The number of hydrogen-bond acceptors (Lipinski definition) is 6. The Morgan fingerprint density at radius 3 is 2.27 bits per heavy atom. The van der Waals surface area contributed by atoms with Crippen molar-refractivity contribution in [2.75, 3.05) is 7.11 Å². The summed E-state index contributed by atoms with van der Waals surface area (Å²) < 4.78 is 35.0. The van der Waals surface area contributed by atoms with Gasteiger partial charge in [-0.1, -0.05) is 17.7 Å². The van der Waals surface area contributed by atoms with Gasteiger partial charge in [-0.05, 0) is 44.7 Å². The van der Waals surface area contributed by atoms with E-state index in [1.165, 1.54) is 19.2 Å². The molecule has 1 aromatic carbocycles. The highest BCUT2D eigenvalue weighted by Gasteiger charge is 2.47. The fourth-order valence-electron chi connectivity index (χ4n) is 2.58. The number of carbonyl (C=O) groups is 1. The Morgan fingerprint density at radius 2 is 1.77 bits per heavy atom. The molecule has 0 radical (unpaired) electrons. The molecule has 122 valence electrons. The minimum absolute atomic E-state index is 0.0243. The average molecular weight is 327 g/mol. The summed E-state index contributed by atoms with van der Waals surface area (Å²) in [5.41, 5.74) is 5.29. The molecule has 1 saturated carbocycles. The SMILES string of the molecule is COC(=O)C1(OS(=O)(=O)c2ccc(C)cc2)CCC(N)CC1. The number of nitrogens with two attached hydrogens (primary N) is 1. The maximum atomic E-state index is 12.5. The fraction of sp³-hybridized carbons (Fsp3) is 0.533. The molecule has 22 heavy (non-hydrogen) atoms. The van der Waals surface area contributed by atoms with Crippen LogP contribution in [-0.4, -0.2) is 33.1 Å². The highest BCUT2D eigenvalue weighted by Crippen LogP contribution is 2.35. The van der Waals surface area contributed by atoms with Crippen molar-refractivity contribution < 1.29 is 22.1 Å². The molecule has 0 aromatic heterocycles. The van der Waals surface area contributed by atoms with Crippen molar-refractivity contribution in [2.24, 2.45) is 5.73 Å². The van der Waals surface area contributed by atoms with Crippen LogP contribution in [0.5, 0.6) is 0 Å². The number of ether oxygens (including phenoxy) is 1. The zero-order chi connectivity index (χ0) is 16.4. The van der Waals surface area contributed by atoms with Gasteiger partial charge in [-0.25, -0.2) is 8.98 Å². The number of rotatable bonds is 4. The first-order valence-electron chi connectivity index (χ1n) is 7.15. The molecule has 0 spiro atoms. The van der Waals surface area contributed by atoms with Crippen molar-refractivity contribution >= 4 is 16.1 Å². The monoisotopic (exact) mass is 327 g/mol. The average Bonchev–Trinajstić information content (AvgIpc) is 2.49. The maximum absolute atomic E-state index is 12.5. The van der Waals surface area contributed by atoms with E-state index in [1.807, 2.05) is 6.92 Å². The third kappa shape index (κ3) is 3.48. The van der Waals surface area contributed by atoms with Crippen LogP contribution in [-0.2, 0) is 23.8 Å². The summed E-state index contributed by atoms with van der Waals surface area (Å²) in [4.78, 5) is 12.1. The summed E-state index contributed by atoms with van der Waals surface area (Å²) in [6.45, 7) is 1.86. The molecule has 0 atom stereocenters. The topological polar surface area (TPSA) is 95.7 Å². The molecule has 6 nitrogen and oxygen atoms in total. The first kappa shape index (κ1) is 16.9. The summed E-state index contributed by atoms with van der Waals surface area (Å²) in [6.07, 6.45) is 1.48. The van der Waals surface area contributed by atoms with E-state index in [9.17, 15) is 13.2 Å². The molecule has 1 aliphatic carbocycles. The Balaban J connectivity index is 2.30. The summed E-state index contributed by atoms with van der Waals surface area (Å²) >= 11 is 0. The van der Waals surface area contributed by atoms with E-state index >= 15 is 0 Å². The molecule has 0 heterocycles. The van der Waals surface area contributed by atoms with Crippen molar-refractivity contribution in [2.45, 2.75) is 49.1 Å². The summed E-state index contributed by atoms with van der Waals surface area (Å²) in [5, 5.41) is 0. The summed E-state index contributed by atoms with van der Waals surface area (Å²) in [6, 6.07) is 6.23. The normalized spacial score (nSPS) is 25.7. The Hall–Kier alpha value is -1.44. The van der Waals surface area contributed by atoms with Gasteiger partial charge in [0.15, 0.2) is 5.60 Å². The van der Waals surface area contributed by atoms with Crippen LogP contribution >= 0.6 is 0 Å². The lowest BCUT2D eigenvalue weighted by molar-refractivity contribution is -0.162. The van der Waals surface area contributed by atoms with Crippen LogP contribution in [0.3, 0.4) is 0 Å². The van der Waals surface area contributed by atoms with E-state index in [0.717, 1.165) is 5.56 Å². The predicted octanol–water partition coefficient (Wildman–Crippen LogP) is 1.51. The molecular formula is C15H21NO5S. The van der Waals surface area contributed by atoms with Gasteiger partial charge in [-0.3, -0.25) is 0 Å².